The number of rotatable bonds is 4. The third-order valence-electron chi connectivity index (χ3n) is 2.56. The second kappa shape index (κ2) is 5.66. The lowest BCUT2D eigenvalue weighted by molar-refractivity contribution is 0.0917. The maximum absolute atomic E-state index is 11.7. The quantitative estimate of drug-likeness (QED) is 0.735. The standard InChI is InChI=1S/C13H14N2O2S/c14-11-3-1-9(2-4-11)12(16)7-15-13(17)10-5-6-18-8-10/h1-6,8,12,16H,7,14H2,(H,15,17). The number of carbonyl (C=O) groups excluding carboxylic acids is 1. The van der Waals surface area contributed by atoms with E-state index in [4.69, 9.17) is 5.73 Å². The monoisotopic (exact) mass is 262 g/mol. The molecule has 0 saturated carbocycles. The molecular weight excluding hydrogens is 248 g/mol. The lowest BCUT2D eigenvalue weighted by Gasteiger charge is -2.12. The van der Waals surface area contributed by atoms with Crippen LogP contribution in [0.3, 0.4) is 0 Å². The molecule has 4 N–H and O–H groups in total. The van der Waals surface area contributed by atoms with Gasteiger partial charge in [0, 0.05) is 23.2 Å². The summed E-state index contributed by atoms with van der Waals surface area (Å²) in [4.78, 5) is 11.7. The highest BCUT2D eigenvalue weighted by Crippen LogP contribution is 2.14. The Morgan fingerprint density at radius 3 is 2.67 bits per heavy atom. The molecule has 5 heteroatoms. The van der Waals surface area contributed by atoms with Gasteiger partial charge in [0.2, 0.25) is 0 Å². The number of anilines is 1. The number of nitrogens with two attached hydrogens (primary N) is 1. The van der Waals surface area contributed by atoms with E-state index >= 15 is 0 Å². The summed E-state index contributed by atoms with van der Waals surface area (Å²) in [6, 6.07) is 8.68. The minimum atomic E-state index is -0.729. The molecule has 2 aromatic rings. The van der Waals surface area contributed by atoms with E-state index in [2.05, 4.69) is 5.32 Å². The third kappa shape index (κ3) is 3.09. The molecule has 1 aromatic heterocycles. The molecule has 1 amide bonds. The predicted octanol–water partition coefficient (Wildman–Crippen LogP) is 1.79. The molecule has 0 aliphatic heterocycles. The first-order chi connectivity index (χ1) is 8.66. The molecule has 2 rings (SSSR count). The fourth-order valence-electron chi connectivity index (χ4n) is 1.52. The molecule has 0 fully saturated rings. The number of aliphatic hydroxyl groups is 1. The van der Waals surface area contributed by atoms with Gasteiger partial charge in [-0.05, 0) is 29.1 Å². The van der Waals surface area contributed by atoms with Crippen LogP contribution in [-0.2, 0) is 0 Å². The Morgan fingerprint density at radius 2 is 2.06 bits per heavy atom. The van der Waals surface area contributed by atoms with Gasteiger partial charge < -0.3 is 16.2 Å². The van der Waals surface area contributed by atoms with Crippen LogP contribution in [0, 0.1) is 0 Å². The van der Waals surface area contributed by atoms with Crippen molar-refractivity contribution in [3.05, 3.63) is 52.2 Å². The van der Waals surface area contributed by atoms with E-state index in [1.807, 2.05) is 5.38 Å². The second-order valence-electron chi connectivity index (χ2n) is 3.90. The number of aliphatic hydroxyl groups excluding tert-OH is 1. The molecule has 18 heavy (non-hydrogen) atoms. The van der Waals surface area contributed by atoms with Crippen LogP contribution < -0.4 is 11.1 Å². The smallest absolute Gasteiger partial charge is 0.252 e. The fraction of sp³-hybridized carbons (Fsp3) is 0.154. The van der Waals surface area contributed by atoms with Crippen molar-refractivity contribution in [2.24, 2.45) is 0 Å². The predicted molar refractivity (Wildman–Crippen MR) is 72.5 cm³/mol. The maximum Gasteiger partial charge on any atom is 0.252 e. The Kier molecular flexibility index (Phi) is 3.96. The third-order valence-corrected chi connectivity index (χ3v) is 3.24. The molecule has 0 spiro atoms. The van der Waals surface area contributed by atoms with Crippen LogP contribution in [0.25, 0.3) is 0 Å². The molecule has 94 valence electrons. The van der Waals surface area contributed by atoms with E-state index in [0.717, 1.165) is 5.56 Å². The van der Waals surface area contributed by atoms with E-state index < -0.39 is 6.10 Å². The minimum Gasteiger partial charge on any atom is -0.399 e. The summed E-state index contributed by atoms with van der Waals surface area (Å²) in [6.07, 6.45) is -0.729. The zero-order valence-electron chi connectivity index (χ0n) is 9.67. The van der Waals surface area contributed by atoms with Gasteiger partial charge in [-0.25, -0.2) is 0 Å². The Morgan fingerprint density at radius 1 is 1.33 bits per heavy atom. The number of nitrogen functional groups attached to an aromatic ring is 1. The number of benzene rings is 1. The number of carbonyl (C=O) groups is 1. The number of amides is 1. The van der Waals surface area contributed by atoms with Gasteiger partial charge in [0.1, 0.15) is 0 Å². The Bertz CT molecular complexity index is 508. The first-order valence-electron chi connectivity index (χ1n) is 5.50. The van der Waals surface area contributed by atoms with Crippen LogP contribution in [0.4, 0.5) is 5.69 Å². The molecule has 0 aliphatic carbocycles. The van der Waals surface area contributed by atoms with Gasteiger partial charge in [-0.15, -0.1) is 0 Å². The topological polar surface area (TPSA) is 75.3 Å². The molecule has 1 atom stereocenters. The van der Waals surface area contributed by atoms with E-state index in [0.29, 0.717) is 11.3 Å². The number of thiophene rings is 1. The molecule has 1 unspecified atom stereocenters. The summed E-state index contributed by atoms with van der Waals surface area (Å²) < 4.78 is 0. The van der Waals surface area contributed by atoms with Crippen LogP contribution in [-0.4, -0.2) is 17.6 Å². The fourth-order valence-corrected chi connectivity index (χ4v) is 2.16. The van der Waals surface area contributed by atoms with E-state index in [1.165, 1.54) is 11.3 Å². The summed E-state index contributed by atoms with van der Waals surface area (Å²) in [5.74, 6) is -0.175. The largest absolute Gasteiger partial charge is 0.399 e. The van der Waals surface area contributed by atoms with Crippen LogP contribution in [0.1, 0.15) is 22.0 Å². The van der Waals surface area contributed by atoms with Crippen molar-refractivity contribution >= 4 is 22.9 Å². The zero-order chi connectivity index (χ0) is 13.0. The molecule has 0 radical (unpaired) electrons. The summed E-state index contributed by atoms with van der Waals surface area (Å²) >= 11 is 1.46. The highest BCUT2D eigenvalue weighted by atomic mass is 32.1. The Labute approximate surface area is 109 Å². The van der Waals surface area contributed by atoms with Crippen molar-refractivity contribution < 1.29 is 9.90 Å². The number of nitrogens with one attached hydrogen (secondary N) is 1. The normalized spacial score (nSPS) is 12.1. The molecule has 0 aliphatic rings. The van der Waals surface area contributed by atoms with Crippen molar-refractivity contribution in [3.8, 4) is 0 Å². The van der Waals surface area contributed by atoms with Crippen molar-refractivity contribution in [3.63, 3.8) is 0 Å². The van der Waals surface area contributed by atoms with Crippen LogP contribution in [0.2, 0.25) is 0 Å². The van der Waals surface area contributed by atoms with Crippen LogP contribution >= 0.6 is 11.3 Å². The SMILES string of the molecule is Nc1ccc(C(O)CNC(=O)c2ccsc2)cc1. The van der Waals surface area contributed by atoms with Gasteiger partial charge in [-0.2, -0.15) is 11.3 Å². The minimum absolute atomic E-state index is 0.175. The van der Waals surface area contributed by atoms with Crippen LogP contribution in [0.5, 0.6) is 0 Å². The number of hydrogen-bond acceptors (Lipinski definition) is 4. The average molecular weight is 262 g/mol. The Hall–Kier alpha value is -1.85. The average Bonchev–Trinajstić information content (AvgIpc) is 2.90. The van der Waals surface area contributed by atoms with Gasteiger partial charge in [-0.3, -0.25) is 4.79 Å². The Balaban J connectivity index is 1.90. The van der Waals surface area contributed by atoms with E-state index in [9.17, 15) is 9.90 Å². The van der Waals surface area contributed by atoms with Gasteiger partial charge in [-0.1, -0.05) is 12.1 Å². The first kappa shape index (κ1) is 12.6. The highest BCUT2D eigenvalue weighted by molar-refractivity contribution is 7.08. The van der Waals surface area contributed by atoms with Gasteiger partial charge in [0.15, 0.2) is 0 Å². The highest BCUT2D eigenvalue weighted by Gasteiger charge is 2.10. The first-order valence-corrected chi connectivity index (χ1v) is 6.45. The molecule has 0 saturated heterocycles. The van der Waals surface area contributed by atoms with Crippen molar-refractivity contribution in [2.45, 2.75) is 6.10 Å². The van der Waals surface area contributed by atoms with Gasteiger partial charge in [0.25, 0.3) is 5.91 Å². The molecule has 1 aromatic carbocycles. The molecule has 4 nitrogen and oxygen atoms in total. The summed E-state index contributed by atoms with van der Waals surface area (Å²) in [5, 5.41) is 16.2. The van der Waals surface area contributed by atoms with Crippen LogP contribution in [0.15, 0.2) is 41.1 Å². The van der Waals surface area contributed by atoms with E-state index in [1.54, 1.807) is 35.7 Å². The lowest BCUT2D eigenvalue weighted by atomic mass is 10.1. The van der Waals surface area contributed by atoms with Gasteiger partial charge >= 0.3 is 0 Å². The zero-order valence-corrected chi connectivity index (χ0v) is 10.5. The number of hydrogen-bond donors (Lipinski definition) is 3. The van der Waals surface area contributed by atoms with Crippen molar-refractivity contribution in [1.82, 2.24) is 5.32 Å². The summed E-state index contributed by atoms with van der Waals surface area (Å²) in [5.41, 5.74) is 7.56. The lowest BCUT2D eigenvalue weighted by Crippen LogP contribution is -2.28. The maximum atomic E-state index is 11.7. The van der Waals surface area contributed by atoms with Crippen molar-refractivity contribution in [2.75, 3.05) is 12.3 Å². The van der Waals surface area contributed by atoms with Crippen molar-refractivity contribution in [1.29, 1.82) is 0 Å². The molecule has 1 heterocycles. The summed E-state index contributed by atoms with van der Waals surface area (Å²) in [6.45, 7) is 0.179. The van der Waals surface area contributed by atoms with Gasteiger partial charge in [0.05, 0.1) is 6.10 Å². The second-order valence-corrected chi connectivity index (χ2v) is 4.68. The van der Waals surface area contributed by atoms with E-state index in [-0.39, 0.29) is 12.5 Å². The summed E-state index contributed by atoms with van der Waals surface area (Å²) in [7, 11) is 0. The molecule has 0 bridgehead atoms. The molecular formula is C13H14N2O2S.